The number of rotatable bonds is 6. The molecule has 0 saturated heterocycles. The molecule has 1 unspecified atom stereocenters. The quantitative estimate of drug-likeness (QED) is 0.776. The van der Waals surface area contributed by atoms with Gasteiger partial charge in [-0.25, -0.2) is 5.10 Å². The highest BCUT2D eigenvalue weighted by molar-refractivity contribution is 5.38. The van der Waals surface area contributed by atoms with Crippen LogP contribution in [-0.2, 0) is 22.4 Å². The lowest BCUT2D eigenvalue weighted by Crippen LogP contribution is -2.19. The lowest BCUT2D eigenvalue weighted by molar-refractivity contribution is -0.133. The van der Waals surface area contributed by atoms with Crippen molar-refractivity contribution in [2.24, 2.45) is 0 Å². The van der Waals surface area contributed by atoms with Crippen LogP contribution in [0.15, 0.2) is 30.3 Å². The Bertz CT molecular complexity index is 537. The molecule has 0 saturated carbocycles. The molecule has 0 bridgehead atoms. The Kier molecular flexibility index (Phi) is 4.18. The van der Waals surface area contributed by atoms with Gasteiger partial charge in [0.15, 0.2) is 0 Å². The summed E-state index contributed by atoms with van der Waals surface area (Å²) in [5.74, 6) is 0.0552. The first-order valence-electron chi connectivity index (χ1n) is 6.06. The van der Waals surface area contributed by atoms with E-state index in [1.165, 1.54) is 0 Å². The molecule has 0 spiro atoms. The molecule has 1 atom stereocenters. The monoisotopic (exact) mass is 260 g/mol. The molecule has 1 heterocycles. The van der Waals surface area contributed by atoms with E-state index in [9.17, 15) is 9.90 Å². The molecule has 19 heavy (non-hydrogen) atoms. The van der Waals surface area contributed by atoms with Crippen LogP contribution in [0.4, 0.5) is 0 Å². The Morgan fingerprint density at radius 2 is 2.11 bits per heavy atom. The number of carbonyl (C=O) groups is 1. The summed E-state index contributed by atoms with van der Waals surface area (Å²) in [6.45, 7) is 2.23. The predicted octanol–water partition coefficient (Wildman–Crippen LogP) is 1.75. The molecule has 5 nitrogen and oxygen atoms in total. The highest BCUT2D eigenvalue weighted by atomic mass is 16.5. The Balaban J connectivity index is 2.08. The minimum atomic E-state index is -0.290. The van der Waals surface area contributed by atoms with Crippen molar-refractivity contribution < 1.29 is 14.6 Å². The van der Waals surface area contributed by atoms with Crippen molar-refractivity contribution in [3.8, 4) is 5.88 Å². The van der Waals surface area contributed by atoms with Gasteiger partial charge in [0.2, 0.25) is 5.88 Å². The van der Waals surface area contributed by atoms with E-state index in [4.69, 9.17) is 4.74 Å². The summed E-state index contributed by atoms with van der Waals surface area (Å²) < 4.78 is 5.10. The van der Waals surface area contributed by atoms with Gasteiger partial charge >= 0.3 is 0 Å². The number of aromatic hydroxyl groups is 1. The van der Waals surface area contributed by atoms with Gasteiger partial charge in [-0.05, 0) is 12.5 Å². The van der Waals surface area contributed by atoms with Gasteiger partial charge in [0, 0.05) is 18.4 Å². The Hall–Kier alpha value is -2.30. The number of ether oxygens (including phenoxy) is 1. The van der Waals surface area contributed by atoms with E-state index in [1.54, 1.807) is 6.92 Å². The predicted molar refractivity (Wildman–Crippen MR) is 69.8 cm³/mol. The van der Waals surface area contributed by atoms with Crippen LogP contribution in [0.1, 0.15) is 16.8 Å². The summed E-state index contributed by atoms with van der Waals surface area (Å²) in [6.07, 6.45) is 0.796. The normalized spacial score (nSPS) is 12.1. The largest absolute Gasteiger partial charge is 0.493 e. The fourth-order valence-corrected chi connectivity index (χ4v) is 1.96. The first kappa shape index (κ1) is 13.1. The van der Waals surface area contributed by atoms with Gasteiger partial charge in [0.25, 0.3) is 6.47 Å². The Morgan fingerprint density at radius 1 is 1.37 bits per heavy atom. The molecule has 100 valence electrons. The second kappa shape index (κ2) is 6.04. The van der Waals surface area contributed by atoms with E-state index < -0.39 is 0 Å². The highest BCUT2D eigenvalue weighted by Gasteiger charge is 2.16. The third-order valence-electron chi connectivity index (χ3n) is 3.06. The number of benzene rings is 1. The SMILES string of the molecule is Cc1c(CC(Cc2ccccc2)OC=O)n[nH]c1O. The van der Waals surface area contributed by atoms with Crippen molar-refractivity contribution in [2.45, 2.75) is 25.9 Å². The Morgan fingerprint density at radius 3 is 2.68 bits per heavy atom. The van der Waals surface area contributed by atoms with Crippen molar-refractivity contribution in [1.29, 1.82) is 0 Å². The van der Waals surface area contributed by atoms with Crippen LogP contribution in [-0.4, -0.2) is 27.9 Å². The maximum absolute atomic E-state index is 10.6. The molecule has 5 heteroatoms. The molecule has 1 aromatic carbocycles. The maximum Gasteiger partial charge on any atom is 0.293 e. The van der Waals surface area contributed by atoms with E-state index in [-0.39, 0.29) is 12.0 Å². The van der Waals surface area contributed by atoms with Gasteiger partial charge in [-0.2, -0.15) is 5.10 Å². The molecule has 0 amide bonds. The number of aromatic nitrogens is 2. The lowest BCUT2D eigenvalue weighted by Gasteiger charge is -2.14. The third kappa shape index (κ3) is 3.34. The summed E-state index contributed by atoms with van der Waals surface area (Å²) in [6, 6.07) is 9.79. The number of aromatic amines is 1. The maximum atomic E-state index is 10.6. The number of nitrogens with one attached hydrogen (secondary N) is 1. The van der Waals surface area contributed by atoms with Crippen LogP contribution < -0.4 is 0 Å². The smallest absolute Gasteiger partial charge is 0.293 e. The van der Waals surface area contributed by atoms with Crippen LogP contribution in [0, 0.1) is 6.92 Å². The van der Waals surface area contributed by atoms with E-state index >= 15 is 0 Å². The molecule has 0 fully saturated rings. The fraction of sp³-hybridized carbons (Fsp3) is 0.286. The highest BCUT2D eigenvalue weighted by Crippen LogP contribution is 2.19. The molecule has 2 rings (SSSR count). The van der Waals surface area contributed by atoms with Crippen molar-refractivity contribution in [3.05, 3.63) is 47.2 Å². The molecule has 0 aliphatic heterocycles. The van der Waals surface area contributed by atoms with Crippen molar-refractivity contribution in [3.63, 3.8) is 0 Å². The van der Waals surface area contributed by atoms with Crippen molar-refractivity contribution >= 4 is 6.47 Å². The molecule has 2 aromatic rings. The second-order valence-electron chi connectivity index (χ2n) is 4.39. The van der Waals surface area contributed by atoms with Crippen LogP contribution in [0.3, 0.4) is 0 Å². The van der Waals surface area contributed by atoms with Crippen molar-refractivity contribution in [1.82, 2.24) is 10.2 Å². The zero-order valence-electron chi connectivity index (χ0n) is 10.7. The zero-order chi connectivity index (χ0) is 13.7. The molecule has 1 aromatic heterocycles. The molecule has 0 aliphatic carbocycles. The van der Waals surface area contributed by atoms with Crippen molar-refractivity contribution in [2.75, 3.05) is 0 Å². The van der Waals surface area contributed by atoms with E-state index in [0.29, 0.717) is 30.6 Å². The summed E-state index contributed by atoms with van der Waals surface area (Å²) in [5, 5.41) is 16.0. The topological polar surface area (TPSA) is 75.2 Å². The van der Waals surface area contributed by atoms with Crippen LogP contribution >= 0.6 is 0 Å². The molecular formula is C14H16N2O3. The van der Waals surface area contributed by atoms with Gasteiger partial charge in [-0.3, -0.25) is 4.79 Å². The van der Waals surface area contributed by atoms with Gasteiger partial charge in [-0.15, -0.1) is 0 Å². The first-order valence-corrected chi connectivity index (χ1v) is 6.06. The lowest BCUT2D eigenvalue weighted by atomic mass is 10.0. The number of H-pyrrole nitrogens is 1. The molecule has 2 N–H and O–H groups in total. The molecule has 0 radical (unpaired) electrons. The van der Waals surface area contributed by atoms with Crippen LogP contribution in [0.2, 0.25) is 0 Å². The summed E-state index contributed by atoms with van der Waals surface area (Å²) in [4.78, 5) is 10.6. The third-order valence-corrected chi connectivity index (χ3v) is 3.06. The first-order chi connectivity index (χ1) is 9.20. The number of carbonyl (C=O) groups excluding carboxylic acids is 1. The van der Waals surface area contributed by atoms with Gasteiger partial charge < -0.3 is 9.84 Å². The fourth-order valence-electron chi connectivity index (χ4n) is 1.96. The average molecular weight is 260 g/mol. The summed E-state index contributed by atoms with van der Waals surface area (Å²) >= 11 is 0. The molecule has 0 aliphatic rings. The summed E-state index contributed by atoms with van der Waals surface area (Å²) in [7, 11) is 0. The van der Waals surface area contributed by atoms with Gasteiger partial charge in [0.1, 0.15) is 6.10 Å². The van der Waals surface area contributed by atoms with Crippen LogP contribution in [0.25, 0.3) is 0 Å². The van der Waals surface area contributed by atoms with E-state index in [0.717, 1.165) is 5.56 Å². The standard InChI is InChI=1S/C14H16N2O3/c1-10-13(15-16-14(10)18)8-12(19-9-17)7-11-5-3-2-4-6-11/h2-6,9,12H,7-8H2,1H3,(H2,15,16,18). The molecular weight excluding hydrogens is 244 g/mol. The summed E-state index contributed by atoms with van der Waals surface area (Å²) in [5.41, 5.74) is 2.49. The Labute approximate surface area is 111 Å². The van der Waals surface area contributed by atoms with Gasteiger partial charge in [0.05, 0.1) is 5.69 Å². The average Bonchev–Trinajstić information content (AvgIpc) is 2.72. The zero-order valence-corrected chi connectivity index (χ0v) is 10.7. The van der Waals surface area contributed by atoms with E-state index in [1.807, 2.05) is 30.3 Å². The number of hydrogen-bond acceptors (Lipinski definition) is 4. The van der Waals surface area contributed by atoms with Crippen LogP contribution in [0.5, 0.6) is 5.88 Å². The number of hydrogen-bond donors (Lipinski definition) is 2. The minimum Gasteiger partial charge on any atom is -0.493 e. The second-order valence-corrected chi connectivity index (χ2v) is 4.39. The number of nitrogens with zero attached hydrogens (tertiary/aromatic N) is 1. The minimum absolute atomic E-state index is 0.0552. The van der Waals surface area contributed by atoms with Gasteiger partial charge in [-0.1, -0.05) is 30.3 Å². The van der Waals surface area contributed by atoms with E-state index in [2.05, 4.69) is 10.2 Å².